The van der Waals surface area contributed by atoms with Crippen molar-refractivity contribution in [1.82, 2.24) is 4.72 Å². The van der Waals surface area contributed by atoms with Crippen LogP contribution in [0.25, 0.3) is 0 Å². The van der Waals surface area contributed by atoms with Gasteiger partial charge in [0.05, 0.1) is 4.90 Å². The first-order chi connectivity index (χ1) is 9.38. The zero-order valence-corrected chi connectivity index (χ0v) is 13.2. The summed E-state index contributed by atoms with van der Waals surface area (Å²) in [6.07, 6.45) is 3.91. The lowest BCUT2D eigenvalue weighted by Crippen LogP contribution is -2.31. The fourth-order valence-electron chi connectivity index (χ4n) is 2.43. The molecule has 1 saturated carbocycles. The molecule has 20 heavy (non-hydrogen) atoms. The maximum Gasteiger partial charge on any atom is 0.240 e. The van der Waals surface area contributed by atoms with Gasteiger partial charge in [-0.1, -0.05) is 6.42 Å². The summed E-state index contributed by atoms with van der Waals surface area (Å²) < 4.78 is 26.6. The second kappa shape index (κ2) is 6.14. The molecule has 1 fully saturated rings. The summed E-state index contributed by atoms with van der Waals surface area (Å²) >= 11 is 0. The zero-order valence-electron chi connectivity index (χ0n) is 12.4. The monoisotopic (exact) mass is 296 g/mol. The van der Waals surface area contributed by atoms with E-state index in [1.807, 2.05) is 26.0 Å². The van der Waals surface area contributed by atoms with E-state index in [0.29, 0.717) is 10.9 Å². The summed E-state index contributed by atoms with van der Waals surface area (Å²) in [6, 6.07) is 7.33. The number of hydrogen-bond acceptors (Lipinski definition) is 3. The van der Waals surface area contributed by atoms with Crippen LogP contribution in [0.3, 0.4) is 0 Å². The lowest BCUT2D eigenvalue weighted by Gasteiger charge is -2.32. The highest BCUT2D eigenvalue weighted by Crippen LogP contribution is 2.31. The maximum atomic E-state index is 12.0. The molecule has 0 aromatic heterocycles. The first-order valence-electron chi connectivity index (χ1n) is 7.27. The van der Waals surface area contributed by atoms with Crippen molar-refractivity contribution in [2.75, 3.05) is 5.32 Å². The van der Waals surface area contributed by atoms with E-state index in [1.54, 1.807) is 12.1 Å². The van der Waals surface area contributed by atoms with E-state index in [0.717, 1.165) is 11.6 Å². The Morgan fingerprint density at radius 3 is 2.15 bits per heavy atom. The molecule has 0 heterocycles. The standard InChI is InChI=1S/C15H24N2O2S/c1-11(2)17-20(18,19)15-9-7-14(8-10-15)16-12(3)13-5-4-6-13/h7-13,16-17H,4-6H2,1-3H3. The van der Waals surface area contributed by atoms with Crippen molar-refractivity contribution in [3.8, 4) is 0 Å². The topological polar surface area (TPSA) is 58.2 Å². The van der Waals surface area contributed by atoms with Crippen LogP contribution in [0.1, 0.15) is 40.0 Å². The lowest BCUT2D eigenvalue weighted by molar-refractivity contribution is 0.285. The van der Waals surface area contributed by atoms with Gasteiger partial charge >= 0.3 is 0 Å². The second-order valence-electron chi connectivity index (χ2n) is 5.92. The van der Waals surface area contributed by atoms with E-state index in [1.165, 1.54) is 19.3 Å². The van der Waals surface area contributed by atoms with Crippen molar-refractivity contribution in [2.24, 2.45) is 5.92 Å². The van der Waals surface area contributed by atoms with Gasteiger partial charge in [-0.05, 0) is 63.8 Å². The van der Waals surface area contributed by atoms with Gasteiger partial charge in [0.25, 0.3) is 0 Å². The van der Waals surface area contributed by atoms with Gasteiger partial charge in [0, 0.05) is 17.8 Å². The summed E-state index contributed by atoms with van der Waals surface area (Å²) in [7, 11) is -3.39. The molecule has 4 nitrogen and oxygen atoms in total. The molecule has 5 heteroatoms. The van der Waals surface area contributed by atoms with Crippen molar-refractivity contribution in [3.05, 3.63) is 24.3 Å². The third-order valence-electron chi connectivity index (χ3n) is 3.81. The van der Waals surface area contributed by atoms with Crippen LogP contribution in [0.15, 0.2) is 29.2 Å². The number of sulfonamides is 1. The van der Waals surface area contributed by atoms with Gasteiger partial charge in [-0.3, -0.25) is 0 Å². The Morgan fingerprint density at radius 1 is 1.10 bits per heavy atom. The van der Waals surface area contributed by atoms with Crippen LogP contribution in [0, 0.1) is 5.92 Å². The molecule has 0 amide bonds. The summed E-state index contributed by atoms with van der Waals surface area (Å²) in [5, 5.41) is 3.45. The van der Waals surface area contributed by atoms with Crippen LogP contribution >= 0.6 is 0 Å². The molecule has 1 atom stereocenters. The highest BCUT2D eigenvalue weighted by molar-refractivity contribution is 7.89. The fourth-order valence-corrected chi connectivity index (χ4v) is 3.68. The van der Waals surface area contributed by atoms with Crippen LogP contribution in [0.4, 0.5) is 5.69 Å². The predicted molar refractivity (Wildman–Crippen MR) is 82.3 cm³/mol. The van der Waals surface area contributed by atoms with Crippen LogP contribution in [-0.4, -0.2) is 20.5 Å². The Morgan fingerprint density at radius 2 is 1.70 bits per heavy atom. The van der Waals surface area contributed by atoms with Crippen molar-refractivity contribution < 1.29 is 8.42 Å². The summed E-state index contributed by atoms with van der Waals surface area (Å²) in [5.41, 5.74) is 0.980. The van der Waals surface area contributed by atoms with E-state index in [-0.39, 0.29) is 6.04 Å². The van der Waals surface area contributed by atoms with Crippen LogP contribution < -0.4 is 10.0 Å². The Bertz CT molecular complexity index is 533. The van der Waals surface area contributed by atoms with E-state index in [9.17, 15) is 8.42 Å². The number of rotatable bonds is 6. The molecular weight excluding hydrogens is 272 g/mol. The van der Waals surface area contributed by atoms with Crippen LogP contribution in [0.2, 0.25) is 0 Å². The Balaban J connectivity index is 2.02. The van der Waals surface area contributed by atoms with Gasteiger partial charge in [-0.2, -0.15) is 0 Å². The number of anilines is 1. The SMILES string of the molecule is CC(C)NS(=O)(=O)c1ccc(NC(C)C2CCC2)cc1. The fraction of sp³-hybridized carbons (Fsp3) is 0.600. The number of nitrogens with one attached hydrogen (secondary N) is 2. The van der Waals surface area contributed by atoms with Gasteiger partial charge in [-0.15, -0.1) is 0 Å². The van der Waals surface area contributed by atoms with Gasteiger partial charge in [0.1, 0.15) is 0 Å². The number of benzene rings is 1. The smallest absolute Gasteiger partial charge is 0.240 e. The van der Waals surface area contributed by atoms with Crippen molar-refractivity contribution in [1.29, 1.82) is 0 Å². The molecule has 0 aliphatic heterocycles. The Labute approximate surface area is 122 Å². The van der Waals surface area contributed by atoms with E-state index < -0.39 is 10.0 Å². The molecule has 2 N–H and O–H groups in total. The normalized spacial score (nSPS) is 17.8. The molecular formula is C15H24N2O2S. The highest BCUT2D eigenvalue weighted by atomic mass is 32.2. The third kappa shape index (κ3) is 3.73. The predicted octanol–water partition coefficient (Wildman–Crippen LogP) is 2.97. The van der Waals surface area contributed by atoms with Gasteiger partial charge in [-0.25, -0.2) is 13.1 Å². The Hall–Kier alpha value is -1.07. The van der Waals surface area contributed by atoms with Crippen molar-refractivity contribution in [3.63, 3.8) is 0 Å². The quantitative estimate of drug-likeness (QED) is 0.848. The Kier molecular flexibility index (Phi) is 4.70. The molecule has 2 rings (SSSR count). The second-order valence-corrected chi connectivity index (χ2v) is 7.64. The summed E-state index contributed by atoms with van der Waals surface area (Å²) in [5.74, 6) is 0.751. The molecule has 1 aliphatic carbocycles. The maximum absolute atomic E-state index is 12.0. The molecule has 1 unspecified atom stereocenters. The summed E-state index contributed by atoms with van der Waals surface area (Å²) in [4.78, 5) is 0.313. The molecule has 112 valence electrons. The lowest BCUT2D eigenvalue weighted by atomic mass is 9.80. The van der Waals surface area contributed by atoms with Crippen molar-refractivity contribution in [2.45, 2.75) is 57.0 Å². The van der Waals surface area contributed by atoms with E-state index >= 15 is 0 Å². The van der Waals surface area contributed by atoms with Gasteiger partial charge < -0.3 is 5.32 Å². The minimum absolute atomic E-state index is 0.101. The third-order valence-corrected chi connectivity index (χ3v) is 5.48. The molecule has 0 saturated heterocycles. The molecule has 1 aliphatic rings. The minimum Gasteiger partial charge on any atom is -0.382 e. The van der Waals surface area contributed by atoms with E-state index in [2.05, 4.69) is 17.0 Å². The van der Waals surface area contributed by atoms with Crippen LogP contribution in [0.5, 0.6) is 0 Å². The largest absolute Gasteiger partial charge is 0.382 e. The molecule has 1 aromatic carbocycles. The summed E-state index contributed by atoms with van der Waals surface area (Å²) in [6.45, 7) is 5.82. The van der Waals surface area contributed by atoms with Crippen molar-refractivity contribution >= 4 is 15.7 Å². The molecule has 1 aromatic rings. The molecule has 0 spiro atoms. The highest BCUT2D eigenvalue weighted by Gasteiger charge is 2.23. The van der Waals surface area contributed by atoms with Gasteiger partial charge in [0.2, 0.25) is 10.0 Å². The van der Waals surface area contributed by atoms with E-state index in [4.69, 9.17) is 0 Å². The average molecular weight is 296 g/mol. The van der Waals surface area contributed by atoms with Gasteiger partial charge in [0.15, 0.2) is 0 Å². The zero-order chi connectivity index (χ0) is 14.8. The minimum atomic E-state index is -3.39. The first kappa shape index (κ1) is 15.3. The average Bonchev–Trinajstić information content (AvgIpc) is 2.25. The first-order valence-corrected chi connectivity index (χ1v) is 8.76. The molecule has 0 bridgehead atoms. The number of hydrogen-bond donors (Lipinski definition) is 2. The molecule has 0 radical (unpaired) electrons. The van der Waals surface area contributed by atoms with Crippen LogP contribution in [-0.2, 0) is 10.0 Å².